The summed E-state index contributed by atoms with van der Waals surface area (Å²) in [5.41, 5.74) is 0. The smallest absolute Gasteiger partial charge is 0.329 e. The van der Waals surface area contributed by atoms with Gasteiger partial charge in [-0.3, -0.25) is 4.52 Å². The summed E-state index contributed by atoms with van der Waals surface area (Å²) in [6.07, 6.45) is 0. The Bertz CT molecular complexity index is 195. The maximum Gasteiger partial charge on any atom is 0.469 e. The first kappa shape index (κ1) is 17.4. The topological polar surface area (TPSA) is 70.0 Å². The fraction of sp³-hybridized carbons (Fsp3) is 1.00. The summed E-state index contributed by atoms with van der Waals surface area (Å²) in [4.78, 5) is 18.6. The Hall–Kier alpha value is 0.0300. The molecule has 0 aliphatic rings. The van der Waals surface area contributed by atoms with E-state index in [0.717, 1.165) is 0 Å². The van der Waals surface area contributed by atoms with Gasteiger partial charge in [0.15, 0.2) is 0 Å². The van der Waals surface area contributed by atoms with Gasteiger partial charge >= 0.3 is 7.82 Å². The van der Waals surface area contributed by atoms with E-state index in [9.17, 15) is 4.57 Å². The Morgan fingerprint density at radius 2 is 1.53 bits per heavy atom. The number of hydrogen-bond donors (Lipinski definition) is 2. The van der Waals surface area contributed by atoms with E-state index in [1.165, 1.54) is 0 Å². The molecule has 0 spiro atoms. The van der Waals surface area contributed by atoms with E-state index in [4.69, 9.17) is 9.79 Å². The fourth-order valence-corrected chi connectivity index (χ4v) is 0.753. The zero-order chi connectivity index (χ0) is 12.7. The van der Waals surface area contributed by atoms with Gasteiger partial charge in [0, 0.05) is 0 Å². The minimum Gasteiger partial charge on any atom is -0.329 e. The van der Waals surface area contributed by atoms with Crippen molar-refractivity contribution in [3.8, 4) is 0 Å². The van der Waals surface area contributed by atoms with Gasteiger partial charge in [0.2, 0.25) is 0 Å². The lowest BCUT2D eigenvalue weighted by Crippen LogP contribution is -2.37. The highest BCUT2D eigenvalue weighted by molar-refractivity contribution is 7.46. The number of quaternary nitrogens is 1. The normalized spacial score (nSPS) is 12.3. The van der Waals surface area contributed by atoms with E-state index in [-0.39, 0.29) is 6.61 Å². The van der Waals surface area contributed by atoms with E-state index in [1.54, 1.807) is 0 Å². The molecule has 0 heterocycles. The summed E-state index contributed by atoms with van der Waals surface area (Å²) >= 11 is 0. The quantitative estimate of drug-likeness (QED) is 0.536. The van der Waals surface area contributed by atoms with Crippen LogP contribution in [-0.2, 0) is 9.09 Å². The molecule has 0 saturated heterocycles. The van der Waals surface area contributed by atoms with Crippen molar-refractivity contribution < 1.29 is 23.4 Å². The van der Waals surface area contributed by atoms with Crippen LogP contribution in [0.5, 0.6) is 0 Å². The maximum atomic E-state index is 10.2. The Labute approximate surface area is 92.3 Å². The first-order chi connectivity index (χ1) is 6.44. The average Bonchev–Trinajstić information content (AvgIpc) is 1.77. The molecule has 0 aromatic carbocycles. The number of hydrogen-bond acceptors (Lipinski definition) is 3. The molecule has 7 heteroatoms. The largest absolute Gasteiger partial charge is 0.469 e. The van der Waals surface area contributed by atoms with Crippen LogP contribution in [0, 0.1) is 0 Å². The van der Waals surface area contributed by atoms with Gasteiger partial charge in [0.25, 0.3) is 0 Å². The van der Waals surface area contributed by atoms with Crippen molar-refractivity contribution >= 4 is 7.82 Å². The van der Waals surface area contributed by atoms with Crippen LogP contribution >= 0.6 is 7.82 Å². The van der Waals surface area contributed by atoms with Crippen molar-refractivity contribution in [3.63, 3.8) is 0 Å². The number of rotatable bonds is 4. The van der Waals surface area contributed by atoms with Crippen molar-refractivity contribution in [2.75, 3.05) is 55.4 Å². The summed E-state index contributed by atoms with van der Waals surface area (Å²) in [6.45, 7) is 0.652. The predicted octanol–water partition coefficient (Wildman–Crippen LogP) is -0.0203. The molecule has 0 aromatic rings. The van der Waals surface area contributed by atoms with E-state index in [0.29, 0.717) is 11.0 Å². The SMILES string of the molecule is CN(C)C.C[N+](C)(C)CCOP(=O)(O)O. The van der Waals surface area contributed by atoms with Gasteiger partial charge in [0.05, 0.1) is 21.1 Å². The molecule has 2 N–H and O–H groups in total. The van der Waals surface area contributed by atoms with E-state index >= 15 is 0 Å². The predicted molar refractivity (Wildman–Crippen MR) is 60.5 cm³/mol. The first-order valence-corrected chi connectivity index (χ1v) is 6.08. The Kier molecular flexibility index (Phi) is 8.51. The van der Waals surface area contributed by atoms with Crippen molar-refractivity contribution in [1.82, 2.24) is 4.90 Å². The molecule has 94 valence electrons. The summed E-state index contributed by atoms with van der Waals surface area (Å²) < 4.78 is 15.1. The number of nitrogens with zero attached hydrogens (tertiary/aromatic N) is 2. The highest BCUT2D eigenvalue weighted by Gasteiger charge is 2.15. The van der Waals surface area contributed by atoms with Crippen LogP contribution < -0.4 is 0 Å². The third-order valence-corrected chi connectivity index (χ3v) is 1.54. The maximum absolute atomic E-state index is 10.2. The van der Waals surface area contributed by atoms with E-state index < -0.39 is 7.82 Å². The molecule has 0 aromatic heterocycles. The van der Waals surface area contributed by atoms with Gasteiger partial charge in [-0.15, -0.1) is 0 Å². The minimum atomic E-state index is -4.26. The zero-order valence-corrected chi connectivity index (χ0v) is 11.4. The lowest BCUT2D eigenvalue weighted by Gasteiger charge is -2.23. The summed E-state index contributed by atoms with van der Waals surface area (Å²) in [6, 6.07) is 0. The van der Waals surface area contributed by atoms with Crippen molar-refractivity contribution in [1.29, 1.82) is 0 Å². The molecule has 0 unspecified atom stereocenters. The third kappa shape index (κ3) is 31.5. The van der Waals surface area contributed by atoms with Gasteiger partial charge in [-0.1, -0.05) is 0 Å². The summed E-state index contributed by atoms with van der Waals surface area (Å²) in [5.74, 6) is 0. The molecule has 0 fully saturated rings. The van der Waals surface area contributed by atoms with Crippen LogP contribution in [0.15, 0.2) is 0 Å². The van der Waals surface area contributed by atoms with Crippen molar-refractivity contribution in [2.24, 2.45) is 0 Å². The Morgan fingerprint density at radius 3 is 1.73 bits per heavy atom. The Balaban J connectivity index is 0. The van der Waals surface area contributed by atoms with Crippen LogP contribution in [-0.4, -0.2) is 74.6 Å². The number of phosphoric ester groups is 1. The van der Waals surface area contributed by atoms with Crippen LogP contribution in [0.2, 0.25) is 0 Å². The second kappa shape index (κ2) is 7.33. The molecule has 0 amide bonds. The molecular weight excluding hydrogens is 219 g/mol. The fourth-order valence-electron chi connectivity index (χ4n) is 0.434. The molecule has 0 radical (unpaired) electrons. The van der Waals surface area contributed by atoms with Gasteiger partial charge < -0.3 is 19.2 Å². The second-order valence-corrected chi connectivity index (χ2v) is 5.92. The summed E-state index contributed by atoms with van der Waals surface area (Å²) in [5, 5.41) is 0. The monoisotopic (exact) mass is 243 g/mol. The number of likely N-dealkylation sites (N-methyl/N-ethyl adjacent to an activating group) is 1. The molecule has 0 aliphatic carbocycles. The molecule has 0 saturated carbocycles. The lowest BCUT2D eigenvalue weighted by atomic mass is 10.5. The average molecular weight is 243 g/mol. The van der Waals surface area contributed by atoms with Crippen molar-refractivity contribution in [2.45, 2.75) is 0 Å². The van der Waals surface area contributed by atoms with Crippen LogP contribution in [0.4, 0.5) is 0 Å². The molecule has 0 rings (SSSR count). The zero-order valence-electron chi connectivity index (χ0n) is 10.5. The standard InChI is InChI=1S/C5H14NO4P.C3H9N/c1-6(2,3)4-5-10-11(7,8)9;1-4(2)3/h4-5H2,1-3H3,(H-,7,8,9);1-3H3/p+1. The van der Waals surface area contributed by atoms with Crippen LogP contribution in [0.3, 0.4) is 0 Å². The Morgan fingerprint density at radius 1 is 1.20 bits per heavy atom. The van der Waals surface area contributed by atoms with Gasteiger partial charge in [-0.05, 0) is 21.1 Å². The van der Waals surface area contributed by atoms with Gasteiger partial charge in [0.1, 0.15) is 13.2 Å². The minimum absolute atomic E-state index is 0.0772. The molecule has 6 nitrogen and oxygen atoms in total. The highest BCUT2D eigenvalue weighted by Crippen LogP contribution is 2.35. The molecular formula is C8H24N2O4P+. The number of phosphoric acid groups is 1. The molecule has 0 bridgehead atoms. The molecule has 0 atom stereocenters. The second-order valence-electron chi connectivity index (χ2n) is 4.68. The first-order valence-electron chi connectivity index (χ1n) is 4.55. The van der Waals surface area contributed by atoms with Crippen LogP contribution in [0.25, 0.3) is 0 Å². The van der Waals surface area contributed by atoms with Gasteiger partial charge in [-0.2, -0.15) is 0 Å². The van der Waals surface area contributed by atoms with E-state index in [2.05, 4.69) is 4.52 Å². The molecule has 0 aliphatic heterocycles. The van der Waals surface area contributed by atoms with Crippen LogP contribution in [0.1, 0.15) is 0 Å². The van der Waals surface area contributed by atoms with Gasteiger partial charge in [-0.25, -0.2) is 4.57 Å². The van der Waals surface area contributed by atoms with Crippen molar-refractivity contribution in [3.05, 3.63) is 0 Å². The molecule has 15 heavy (non-hydrogen) atoms. The van der Waals surface area contributed by atoms with E-state index in [1.807, 2.05) is 47.2 Å². The lowest BCUT2D eigenvalue weighted by molar-refractivity contribution is -0.870. The third-order valence-electron chi connectivity index (χ3n) is 1.02. The summed E-state index contributed by atoms with van der Waals surface area (Å²) in [7, 11) is 7.50. The highest BCUT2D eigenvalue weighted by atomic mass is 31.2.